The number of hydrogen-bond acceptors (Lipinski definition) is 4. The summed E-state index contributed by atoms with van der Waals surface area (Å²) >= 11 is 0. The lowest BCUT2D eigenvalue weighted by atomic mass is 10.2. The van der Waals surface area contributed by atoms with E-state index < -0.39 is 10.8 Å². The van der Waals surface area contributed by atoms with Crippen molar-refractivity contribution in [3.05, 3.63) is 42.4 Å². The van der Waals surface area contributed by atoms with Gasteiger partial charge in [-0.15, -0.1) is 0 Å². The summed E-state index contributed by atoms with van der Waals surface area (Å²) in [5, 5.41) is 8.65. The van der Waals surface area contributed by atoms with E-state index in [9.17, 15) is 4.21 Å². The topological polar surface area (TPSA) is 63.3 Å². The largest absolute Gasteiger partial charge is 0.440 e. The quantitative estimate of drug-likeness (QED) is 0.876. The van der Waals surface area contributed by atoms with Gasteiger partial charge < -0.3 is 9.52 Å². The molecule has 0 fully saturated rings. The zero-order valence-corrected chi connectivity index (χ0v) is 10.0. The summed E-state index contributed by atoms with van der Waals surface area (Å²) in [6.45, 7) is -0.0845. The molecule has 90 valence electrons. The van der Waals surface area contributed by atoms with E-state index in [1.54, 1.807) is 6.20 Å². The molecule has 1 N–H and O–H groups in total. The van der Waals surface area contributed by atoms with Crippen molar-refractivity contribution in [2.24, 2.45) is 0 Å². The molecule has 2 rings (SSSR count). The molecule has 0 saturated heterocycles. The van der Waals surface area contributed by atoms with Gasteiger partial charge in [0.25, 0.3) is 0 Å². The number of aliphatic hydroxyl groups excluding tert-OH is 1. The van der Waals surface area contributed by atoms with Crippen molar-refractivity contribution in [3.63, 3.8) is 0 Å². The molecule has 17 heavy (non-hydrogen) atoms. The second-order valence-electron chi connectivity index (χ2n) is 3.50. The van der Waals surface area contributed by atoms with Crippen molar-refractivity contribution in [1.82, 2.24) is 4.98 Å². The zero-order valence-electron chi connectivity index (χ0n) is 9.20. The fraction of sp³-hybridized carbons (Fsp3) is 0.250. The Labute approximate surface area is 102 Å². The average molecular weight is 251 g/mol. The first-order chi connectivity index (χ1) is 8.29. The fourth-order valence-corrected chi connectivity index (χ4v) is 2.18. The van der Waals surface area contributed by atoms with E-state index in [2.05, 4.69) is 4.98 Å². The lowest BCUT2D eigenvalue weighted by Gasteiger charge is -1.96. The highest BCUT2D eigenvalue weighted by Gasteiger charge is 2.09. The van der Waals surface area contributed by atoms with E-state index in [1.807, 2.05) is 30.3 Å². The fourth-order valence-electron chi connectivity index (χ4n) is 1.42. The highest BCUT2D eigenvalue weighted by Crippen LogP contribution is 2.20. The molecule has 1 unspecified atom stereocenters. The van der Waals surface area contributed by atoms with Crippen LogP contribution in [0.2, 0.25) is 0 Å². The minimum atomic E-state index is -1.12. The van der Waals surface area contributed by atoms with Crippen LogP contribution in [-0.4, -0.2) is 26.7 Å². The summed E-state index contributed by atoms with van der Waals surface area (Å²) in [5.41, 5.74) is 0.944. The molecule has 0 amide bonds. The Morgan fingerprint density at radius 2 is 2.06 bits per heavy atom. The van der Waals surface area contributed by atoms with Crippen molar-refractivity contribution in [1.29, 1.82) is 0 Å². The number of oxazole rings is 1. The highest BCUT2D eigenvalue weighted by molar-refractivity contribution is 7.84. The predicted octanol–water partition coefficient (Wildman–Crippen LogP) is 1.58. The summed E-state index contributed by atoms with van der Waals surface area (Å²) in [5.74, 6) is 1.61. The van der Waals surface area contributed by atoms with Crippen LogP contribution in [0.3, 0.4) is 0 Å². The third kappa shape index (κ3) is 3.25. The Kier molecular flexibility index (Phi) is 4.06. The van der Waals surface area contributed by atoms with Crippen LogP contribution in [0.25, 0.3) is 11.3 Å². The Balaban J connectivity index is 2.09. The first kappa shape index (κ1) is 12.0. The molecule has 1 aromatic heterocycles. The molecule has 0 saturated carbocycles. The van der Waals surface area contributed by atoms with Crippen LogP contribution >= 0.6 is 0 Å². The number of aliphatic hydroxyl groups is 1. The van der Waals surface area contributed by atoms with Gasteiger partial charge in [0, 0.05) is 22.1 Å². The van der Waals surface area contributed by atoms with Crippen molar-refractivity contribution in [3.8, 4) is 11.3 Å². The molecule has 0 aliphatic carbocycles. The normalized spacial score (nSPS) is 12.5. The molecule has 1 heterocycles. The van der Waals surface area contributed by atoms with E-state index in [-0.39, 0.29) is 18.1 Å². The minimum absolute atomic E-state index is 0.0845. The Bertz CT molecular complexity index is 495. The van der Waals surface area contributed by atoms with Crippen LogP contribution in [0.5, 0.6) is 0 Å². The van der Waals surface area contributed by atoms with Crippen LogP contribution in [0.15, 0.2) is 40.9 Å². The summed E-state index contributed by atoms with van der Waals surface area (Å²) < 4.78 is 16.9. The van der Waals surface area contributed by atoms with Crippen LogP contribution < -0.4 is 0 Å². The SMILES string of the molecule is O=S(CCO)Cc1ncc(-c2ccccc2)o1. The van der Waals surface area contributed by atoms with E-state index in [1.165, 1.54) is 0 Å². The maximum Gasteiger partial charge on any atom is 0.207 e. The molecule has 0 aliphatic heterocycles. The van der Waals surface area contributed by atoms with E-state index in [0.717, 1.165) is 5.56 Å². The van der Waals surface area contributed by atoms with Crippen LogP contribution in [0, 0.1) is 0 Å². The highest BCUT2D eigenvalue weighted by atomic mass is 32.2. The summed E-state index contributed by atoms with van der Waals surface area (Å²) in [4.78, 5) is 4.07. The van der Waals surface area contributed by atoms with E-state index >= 15 is 0 Å². The number of benzene rings is 1. The van der Waals surface area contributed by atoms with E-state index in [4.69, 9.17) is 9.52 Å². The third-order valence-electron chi connectivity index (χ3n) is 2.22. The maximum atomic E-state index is 11.4. The van der Waals surface area contributed by atoms with Gasteiger partial charge in [-0.25, -0.2) is 4.98 Å². The predicted molar refractivity (Wildman–Crippen MR) is 65.7 cm³/mol. The average Bonchev–Trinajstić information content (AvgIpc) is 2.79. The van der Waals surface area contributed by atoms with Gasteiger partial charge >= 0.3 is 0 Å². The molecule has 5 heteroatoms. The van der Waals surface area contributed by atoms with Crippen LogP contribution in [0.4, 0.5) is 0 Å². The molecule has 1 aromatic carbocycles. The van der Waals surface area contributed by atoms with Crippen LogP contribution in [0.1, 0.15) is 5.89 Å². The second-order valence-corrected chi connectivity index (χ2v) is 5.07. The molecule has 4 nitrogen and oxygen atoms in total. The second kappa shape index (κ2) is 5.75. The lowest BCUT2D eigenvalue weighted by molar-refractivity contribution is 0.321. The number of nitrogens with zero attached hydrogens (tertiary/aromatic N) is 1. The van der Waals surface area contributed by atoms with E-state index in [0.29, 0.717) is 11.7 Å². The molecule has 0 bridgehead atoms. The Hall–Kier alpha value is -1.46. The Morgan fingerprint density at radius 1 is 1.29 bits per heavy atom. The van der Waals surface area contributed by atoms with Crippen molar-refractivity contribution >= 4 is 10.8 Å². The molecule has 0 spiro atoms. The Morgan fingerprint density at radius 3 is 2.76 bits per heavy atom. The van der Waals surface area contributed by atoms with Gasteiger partial charge in [-0.05, 0) is 0 Å². The van der Waals surface area contributed by atoms with Gasteiger partial charge in [0.1, 0.15) is 5.75 Å². The number of rotatable bonds is 5. The van der Waals surface area contributed by atoms with Gasteiger partial charge in [-0.1, -0.05) is 30.3 Å². The summed E-state index contributed by atoms with van der Waals surface area (Å²) in [7, 11) is -1.12. The van der Waals surface area contributed by atoms with Gasteiger partial charge in [0.2, 0.25) is 5.89 Å². The third-order valence-corrected chi connectivity index (χ3v) is 3.42. The van der Waals surface area contributed by atoms with Gasteiger partial charge in [0.05, 0.1) is 12.8 Å². The van der Waals surface area contributed by atoms with Gasteiger partial charge in [-0.2, -0.15) is 0 Å². The smallest absolute Gasteiger partial charge is 0.207 e. The first-order valence-corrected chi connectivity index (χ1v) is 6.74. The maximum absolute atomic E-state index is 11.4. The minimum Gasteiger partial charge on any atom is -0.440 e. The molecule has 1 atom stereocenters. The van der Waals surface area contributed by atoms with Crippen molar-refractivity contribution in [2.75, 3.05) is 12.4 Å². The monoisotopic (exact) mass is 251 g/mol. The molecular formula is C12H13NO3S. The van der Waals surface area contributed by atoms with Gasteiger partial charge in [0.15, 0.2) is 5.76 Å². The number of hydrogen-bond donors (Lipinski definition) is 1. The number of aromatic nitrogens is 1. The molecular weight excluding hydrogens is 238 g/mol. The van der Waals surface area contributed by atoms with Crippen LogP contribution in [-0.2, 0) is 16.6 Å². The first-order valence-electron chi connectivity index (χ1n) is 5.25. The molecule has 0 aliphatic rings. The van der Waals surface area contributed by atoms with Crippen molar-refractivity contribution in [2.45, 2.75) is 5.75 Å². The van der Waals surface area contributed by atoms with Gasteiger partial charge in [-0.3, -0.25) is 4.21 Å². The van der Waals surface area contributed by atoms with Crippen molar-refractivity contribution < 1.29 is 13.7 Å². The molecule has 0 radical (unpaired) electrons. The zero-order chi connectivity index (χ0) is 12.1. The lowest BCUT2D eigenvalue weighted by Crippen LogP contribution is -2.04. The summed E-state index contributed by atoms with van der Waals surface area (Å²) in [6, 6.07) is 9.62. The summed E-state index contributed by atoms with van der Waals surface area (Å²) in [6.07, 6.45) is 1.63. The molecule has 2 aromatic rings. The standard InChI is InChI=1S/C12H13NO3S/c14-6-7-17(15)9-12-13-8-11(16-12)10-4-2-1-3-5-10/h1-5,8,14H,6-7,9H2.